The second kappa shape index (κ2) is 6.37. The van der Waals surface area contributed by atoms with Gasteiger partial charge in [0.1, 0.15) is 0 Å². The zero-order valence-electron chi connectivity index (χ0n) is 11.5. The standard InChI is InChI=1S/C16H14BrN3S/c1-11(15-14(17)7-8-21-15)20-13-9-18-16(19-10-13)12-5-3-2-4-6-12/h2-11,20H,1H3. The fraction of sp³-hybridized carbons (Fsp3) is 0.125. The summed E-state index contributed by atoms with van der Waals surface area (Å²) < 4.78 is 1.13. The van der Waals surface area contributed by atoms with Crippen molar-refractivity contribution in [2.75, 3.05) is 5.32 Å². The Labute approximate surface area is 136 Å². The lowest BCUT2D eigenvalue weighted by Gasteiger charge is -2.14. The molecule has 0 saturated carbocycles. The Morgan fingerprint density at radius 1 is 1.10 bits per heavy atom. The van der Waals surface area contributed by atoms with Crippen LogP contribution in [-0.4, -0.2) is 9.97 Å². The van der Waals surface area contributed by atoms with E-state index in [9.17, 15) is 0 Å². The van der Waals surface area contributed by atoms with Crippen LogP contribution in [0, 0.1) is 0 Å². The van der Waals surface area contributed by atoms with E-state index in [1.807, 2.05) is 42.7 Å². The molecule has 1 unspecified atom stereocenters. The van der Waals surface area contributed by atoms with Crippen molar-refractivity contribution in [2.24, 2.45) is 0 Å². The molecule has 0 aliphatic heterocycles. The minimum absolute atomic E-state index is 0.213. The Morgan fingerprint density at radius 3 is 2.43 bits per heavy atom. The van der Waals surface area contributed by atoms with E-state index in [1.165, 1.54) is 4.88 Å². The van der Waals surface area contributed by atoms with Crippen molar-refractivity contribution in [2.45, 2.75) is 13.0 Å². The number of hydrogen-bond donors (Lipinski definition) is 1. The molecule has 2 heterocycles. The molecule has 0 saturated heterocycles. The lowest BCUT2D eigenvalue weighted by Crippen LogP contribution is -2.06. The van der Waals surface area contributed by atoms with Crippen LogP contribution in [0.2, 0.25) is 0 Å². The van der Waals surface area contributed by atoms with Gasteiger partial charge in [-0.25, -0.2) is 9.97 Å². The number of halogens is 1. The van der Waals surface area contributed by atoms with Crippen molar-refractivity contribution in [3.63, 3.8) is 0 Å². The van der Waals surface area contributed by atoms with E-state index in [-0.39, 0.29) is 6.04 Å². The number of anilines is 1. The summed E-state index contributed by atoms with van der Waals surface area (Å²) in [6.07, 6.45) is 3.65. The molecule has 0 fully saturated rings. The van der Waals surface area contributed by atoms with E-state index in [0.717, 1.165) is 21.5 Å². The number of nitrogens with one attached hydrogen (secondary N) is 1. The van der Waals surface area contributed by atoms with Crippen molar-refractivity contribution in [1.29, 1.82) is 0 Å². The van der Waals surface area contributed by atoms with Gasteiger partial charge < -0.3 is 5.32 Å². The molecule has 3 nitrogen and oxygen atoms in total. The number of aromatic nitrogens is 2. The summed E-state index contributed by atoms with van der Waals surface area (Å²) in [5.74, 6) is 0.742. The summed E-state index contributed by atoms with van der Waals surface area (Å²) in [5, 5.41) is 5.50. The molecule has 0 radical (unpaired) electrons. The van der Waals surface area contributed by atoms with Gasteiger partial charge in [-0.2, -0.15) is 0 Å². The van der Waals surface area contributed by atoms with Crippen LogP contribution in [0.3, 0.4) is 0 Å². The molecule has 106 valence electrons. The average molecular weight is 360 g/mol. The fourth-order valence-electron chi connectivity index (χ4n) is 2.07. The third-order valence-corrected chi connectivity index (χ3v) is 5.16. The van der Waals surface area contributed by atoms with Crippen LogP contribution in [0.15, 0.2) is 58.6 Å². The number of thiophene rings is 1. The van der Waals surface area contributed by atoms with Gasteiger partial charge in [0.05, 0.1) is 24.1 Å². The van der Waals surface area contributed by atoms with Gasteiger partial charge in [-0.15, -0.1) is 11.3 Å². The van der Waals surface area contributed by atoms with E-state index >= 15 is 0 Å². The maximum absolute atomic E-state index is 4.42. The van der Waals surface area contributed by atoms with E-state index in [1.54, 1.807) is 11.3 Å². The Morgan fingerprint density at radius 2 is 1.81 bits per heavy atom. The summed E-state index contributed by atoms with van der Waals surface area (Å²) in [5.41, 5.74) is 1.94. The highest BCUT2D eigenvalue weighted by molar-refractivity contribution is 9.10. The summed E-state index contributed by atoms with van der Waals surface area (Å²) in [4.78, 5) is 10.1. The highest BCUT2D eigenvalue weighted by Gasteiger charge is 2.11. The monoisotopic (exact) mass is 359 g/mol. The number of benzene rings is 1. The zero-order valence-corrected chi connectivity index (χ0v) is 13.9. The van der Waals surface area contributed by atoms with Gasteiger partial charge in [-0.3, -0.25) is 0 Å². The zero-order chi connectivity index (χ0) is 14.7. The first-order valence-electron chi connectivity index (χ1n) is 6.61. The minimum atomic E-state index is 0.213. The maximum Gasteiger partial charge on any atom is 0.159 e. The topological polar surface area (TPSA) is 37.8 Å². The Balaban J connectivity index is 1.75. The van der Waals surface area contributed by atoms with Crippen LogP contribution in [-0.2, 0) is 0 Å². The second-order valence-corrected chi connectivity index (χ2v) is 6.46. The molecule has 0 bridgehead atoms. The molecule has 0 spiro atoms. The van der Waals surface area contributed by atoms with E-state index in [0.29, 0.717) is 0 Å². The summed E-state index contributed by atoms with van der Waals surface area (Å²) >= 11 is 5.29. The molecule has 1 N–H and O–H groups in total. The predicted molar refractivity (Wildman–Crippen MR) is 91.5 cm³/mol. The summed E-state index contributed by atoms with van der Waals surface area (Å²) in [6.45, 7) is 2.13. The molecule has 2 aromatic heterocycles. The van der Waals surface area contributed by atoms with Gasteiger partial charge in [0, 0.05) is 14.9 Å². The SMILES string of the molecule is CC(Nc1cnc(-c2ccccc2)nc1)c1sccc1Br. The van der Waals surface area contributed by atoms with Crippen LogP contribution in [0.5, 0.6) is 0 Å². The molecule has 0 aliphatic rings. The molecule has 0 amide bonds. The molecule has 3 rings (SSSR count). The van der Waals surface area contributed by atoms with Crippen molar-refractivity contribution in [3.8, 4) is 11.4 Å². The number of hydrogen-bond acceptors (Lipinski definition) is 4. The molecule has 3 aromatic rings. The Bertz CT molecular complexity index is 710. The van der Waals surface area contributed by atoms with Gasteiger partial charge >= 0.3 is 0 Å². The van der Waals surface area contributed by atoms with Crippen molar-refractivity contribution in [1.82, 2.24) is 9.97 Å². The van der Waals surface area contributed by atoms with Crippen LogP contribution < -0.4 is 5.32 Å². The first-order valence-corrected chi connectivity index (χ1v) is 8.28. The number of rotatable bonds is 4. The molecule has 1 aromatic carbocycles. The van der Waals surface area contributed by atoms with E-state index in [4.69, 9.17) is 0 Å². The third kappa shape index (κ3) is 3.31. The largest absolute Gasteiger partial charge is 0.375 e. The maximum atomic E-state index is 4.42. The second-order valence-electron chi connectivity index (χ2n) is 4.66. The van der Waals surface area contributed by atoms with Crippen molar-refractivity contribution >= 4 is 33.0 Å². The molecule has 1 atom stereocenters. The van der Waals surface area contributed by atoms with Crippen LogP contribution in [0.1, 0.15) is 17.8 Å². The highest BCUT2D eigenvalue weighted by Crippen LogP contribution is 2.30. The van der Waals surface area contributed by atoms with Gasteiger partial charge in [0.2, 0.25) is 0 Å². The first kappa shape index (κ1) is 14.2. The van der Waals surface area contributed by atoms with E-state index in [2.05, 4.69) is 49.6 Å². The van der Waals surface area contributed by atoms with Gasteiger partial charge in [0.25, 0.3) is 0 Å². The highest BCUT2D eigenvalue weighted by atomic mass is 79.9. The molecule has 5 heteroatoms. The van der Waals surface area contributed by atoms with Gasteiger partial charge in [-0.05, 0) is 34.3 Å². The molecule has 0 aliphatic carbocycles. The van der Waals surface area contributed by atoms with Crippen molar-refractivity contribution < 1.29 is 0 Å². The summed E-state index contributed by atoms with van der Waals surface area (Å²) in [6, 6.07) is 12.3. The first-order chi connectivity index (χ1) is 10.2. The van der Waals surface area contributed by atoms with Gasteiger partial charge in [-0.1, -0.05) is 30.3 Å². The fourth-order valence-corrected chi connectivity index (χ4v) is 3.79. The van der Waals surface area contributed by atoms with E-state index < -0.39 is 0 Å². The average Bonchev–Trinajstić information content (AvgIpc) is 2.95. The third-order valence-electron chi connectivity index (χ3n) is 3.11. The Hall–Kier alpha value is -1.72. The minimum Gasteiger partial charge on any atom is -0.375 e. The molecule has 21 heavy (non-hydrogen) atoms. The van der Waals surface area contributed by atoms with Crippen molar-refractivity contribution in [3.05, 3.63) is 63.5 Å². The predicted octanol–water partition coefficient (Wildman–Crippen LogP) is 5.14. The molecular formula is C16H14BrN3S. The smallest absolute Gasteiger partial charge is 0.159 e. The Kier molecular flexibility index (Phi) is 4.31. The van der Waals surface area contributed by atoms with Crippen LogP contribution >= 0.6 is 27.3 Å². The molecular weight excluding hydrogens is 346 g/mol. The quantitative estimate of drug-likeness (QED) is 0.700. The van der Waals surface area contributed by atoms with Gasteiger partial charge in [0.15, 0.2) is 5.82 Å². The summed E-state index contributed by atoms with van der Waals surface area (Å²) in [7, 11) is 0. The number of nitrogens with zero attached hydrogens (tertiary/aromatic N) is 2. The van der Waals surface area contributed by atoms with Crippen LogP contribution in [0.25, 0.3) is 11.4 Å². The lowest BCUT2D eigenvalue weighted by atomic mass is 10.2. The lowest BCUT2D eigenvalue weighted by molar-refractivity contribution is 0.898. The van der Waals surface area contributed by atoms with Crippen LogP contribution in [0.4, 0.5) is 5.69 Å². The normalized spacial score (nSPS) is 12.1.